The van der Waals surface area contributed by atoms with Gasteiger partial charge in [-0.05, 0) is 24.1 Å². The summed E-state index contributed by atoms with van der Waals surface area (Å²) in [6.07, 6.45) is 1.64. The Morgan fingerprint density at radius 2 is 1.77 bits per heavy atom. The Morgan fingerprint density at radius 3 is 2.23 bits per heavy atom. The highest BCUT2D eigenvalue weighted by Gasteiger charge is 2.07. The lowest BCUT2D eigenvalue weighted by Gasteiger charge is -2.10. The third kappa shape index (κ3) is 2.77. The second-order valence-corrected chi connectivity index (χ2v) is 3.10. The summed E-state index contributed by atoms with van der Waals surface area (Å²) >= 11 is 0. The Bertz CT molecular complexity index is 266. The fourth-order valence-corrected chi connectivity index (χ4v) is 1.27. The summed E-state index contributed by atoms with van der Waals surface area (Å²) in [6, 6.07) is 3.14. The molecule has 0 saturated carbocycles. The molecule has 1 aromatic carbocycles. The van der Waals surface area contributed by atoms with Gasteiger partial charge in [-0.3, -0.25) is 0 Å². The molecule has 0 bridgehead atoms. The first kappa shape index (κ1) is 10.1. The average molecular weight is 185 g/mol. The fraction of sp³-hybridized carbons (Fsp3) is 0.400. The molecule has 0 spiro atoms. The standard InChI is InChI=1S/C10H13F2N/c1-2-3-10(13)7-4-8(11)6-9(12)5-7/h4-6,10H,2-3,13H2,1H3/t10-/m1/s1. The van der Waals surface area contributed by atoms with E-state index in [2.05, 4.69) is 0 Å². The third-order valence-corrected chi connectivity index (χ3v) is 1.91. The molecule has 0 unspecified atom stereocenters. The topological polar surface area (TPSA) is 26.0 Å². The summed E-state index contributed by atoms with van der Waals surface area (Å²) in [7, 11) is 0. The third-order valence-electron chi connectivity index (χ3n) is 1.91. The van der Waals surface area contributed by atoms with Gasteiger partial charge in [0.05, 0.1) is 0 Å². The van der Waals surface area contributed by atoms with Crippen LogP contribution in [-0.2, 0) is 0 Å². The van der Waals surface area contributed by atoms with Gasteiger partial charge in [0, 0.05) is 12.1 Å². The van der Waals surface area contributed by atoms with Crippen LogP contribution in [-0.4, -0.2) is 0 Å². The molecule has 1 aromatic rings. The molecule has 0 saturated heterocycles. The molecule has 0 aliphatic heterocycles. The molecule has 0 aromatic heterocycles. The Kier molecular flexibility index (Phi) is 3.37. The highest BCUT2D eigenvalue weighted by atomic mass is 19.1. The summed E-state index contributed by atoms with van der Waals surface area (Å²) < 4.78 is 25.5. The van der Waals surface area contributed by atoms with E-state index < -0.39 is 11.6 Å². The van der Waals surface area contributed by atoms with E-state index in [1.54, 1.807) is 0 Å². The summed E-state index contributed by atoms with van der Waals surface area (Å²) in [6.45, 7) is 1.98. The van der Waals surface area contributed by atoms with Crippen molar-refractivity contribution in [1.82, 2.24) is 0 Å². The van der Waals surface area contributed by atoms with Crippen LogP contribution in [0.1, 0.15) is 31.4 Å². The number of halogens is 2. The molecule has 13 heavy (non-hydrogen) atoms. The quantitative estimate of drug-likeness (QED) is 0.769. The van der Waals surface area contributed by atoms with Gasteiger partial charge >= 0.3 is 0 Å². The lowest BCUT2D eigenvalue weighted by molar-refractivity contribution is 0.565. The number of hydrogen-bond donors (Lipinski definition) is 1. The zero-order valence-corrected chi connectivity index (χ0v) is 7.56. The van der Waals surface area contributed by atoms with Crippen molar-refractivity contribution in [2.45, 2.75) is 25.8 Å². The minimum Gasteiger partial charge on any atom is -0.324 e. The molecule has 2 N–H and O–H groups in total. The molecule has 0 aliphatic carbocycles. The van der Waals surface area contributed by atoms with Crippen LogP contribution >= 0.6 is 0 Å². The number of hydrogen-bond acceptors (Lipinski definition) is 1. The van der Waals surface area contributed by atoms with E-state index in [-0.39, 0.29) is 6.04 Å². The Balaban J connectivity index is 2.87. The monoisotopic (exact) mass is 185 g/mol. The molecule has 1 atom stereocenters. The van der Waals surface area contributed by atoms with Crippen LogP contribution in [0.5, 0.6) is 0 Å². The predicted octanol–water partition coefficient (Wildman–Crippen LogP) is 2.76. The molecule has 1 rings (SSSR count). The Hall–Kier alpha value is -0.960. The van der Waals surface area contributed by atoms with E-state index >= 15 is 0 Å². The first-order valence-corrected chi connectivity index (χ1v) is 4.35. The van der Waals surface area contributed by atoms with Gasteiger partial charge in [-0.15, -0.1) is 0 Å². The summed E-state index contributed by atoms with van der Waals surface area (Å²) in [4.78, 5) is 0. The number of rotatable bonds is 3. The second-order valence-electron chi connectivity index (χ2n) is 3.10. The van der Waals surface area contributed by atoms with E-state index in [9.17, 15) is 8.78 Å². The average Bonchev–Trinajstić information content (AvgIpc) is 2.03. The molecule has 0 heterocycles. The van der Waals surface area contributed by atoms with Crippen LogP contribution in [0.3, 0.4) is 0 Å². The summed E-state index contributed by atoms with van der Waals surface area (Å²) in [5.41, 5.74) is 6.24. The van der Waals surface area contributed by atoms with Crippen molar-refractivity contribution < 1.29 is 8.78 Å². The molecule has 0 aliphatic rings. The predicted molar refractivity (Wildman–Crippen MR) is 48.2 cm³/mol. The van der Waals surface area contributed by atoms with E-state index in [4.69, 9.17) is 5.73 Å². The van der Waals surface area contributed by atoms with E-state index in [1.165, 1.54) is 12.1 Å². The molecule has 0 radical (unpaired) electrons. The lowest BCUT2D eigenvalue weighted by Crippen LogP contribution is -2.10. The number of benzene rings is 1. The first-order chi connectivity index (χ1) is 6.13. The van der Waals surface area contributed by atoms with Crippen LogP contribution in [0.15, 0.2) is 18.2 Å². The second kappa shape index (κ2) is 4.33. The van der Waals surface area contributed by atoms with Gasteiger partial charge < -0.3 is 5.73 Å². The van der Waals surface area contributed by atoms with Crippen LogP contribution < -0.4 is 5.73 Å². The minimum absolute atomic E-state index is 0.268. The maximum atomic E-state index is 12.7. The van der Waals surface area contributed by atoms with Crippen molar-refractivity contribution in [3.63, 3.8) is 0 Å². The summed E-state index contributed by atoms with van der Waals surface area (Å²) in [5.74, 6) is -1.14. The van der Waals surface area contributed by atoms with Gasteiger partial charge in [0.2, 0.25) is 0 Å². The molecule has 1 nitrogen and oxygen atoms in total. The fourth-order valence-electron chi connectivity index (χ4n) is 1.27. The zero-order chi connectivity index (χ0) is 9.84. The van der Waals surface area contributed by atoms with Crippen LogP contribution in [0.25, 0.3) is 0 Å². The minimum atomic E-state index is -0.568. The van der Waals surface area contributed by atoms with Crippen molar-refractivity contribution in [2.24, 2.45) is 5.73 Å². The number of nitrogens with two attached hydrogens (primary N) is 1. The smallest absolute Gasteiger partial charge is 0.126 e. The Morgan fingerprint density at radius 1 is 1.23 bits per heavy atom. The SMILES string of the molecule is CCC[C@@H](N)c1cc(F)cc(F)c1. The van der Waals surface area contributed by atoms with E-state index in [0.717, 1.165) is 18.9 Å². The van der Waals surface area contributed by atoms with Gasteiger partial charge in [-0.2, -0.15) is 0 Å². The molecule has 72 valence electrons. The van der Waals surface area contributed by atoms with Crippen LogP contribution in [0, 0.1) is 11.6 Å². The first-order valence-electron chi connectivity index (χ1n) is 4.35. The van der Waals surface area contributed by atoms with Crippen molar-refractivity contribution >= 4 is 0 Å². The largest absolute Gasteiger partial charge is 0.324 e. The highest BCUT2D eigenvalue weighted by molar-refractivity contribution is 5.20. The van der Waals surface area contributed by atoms with Crippen LogP contribution in [0.2, 0.25) is 0 Å². The lowest BCUT2D eigenvalue weighted by atomic mass is 10.0. The van der Waals surface area contributed by atoms with Crippen molar-refractivity contribution in [3.8, 4) is 0 Å². The van der Waals surface area contributed by atoms with Gasteiger partial charge in [0.1, 0.15) is 11.6 Å². The molecule has 0 fully saturated rings. The molecular formula is C10H13F2N. The van der Waals surface area contributed by atoms with Gasteiger partial charge in [0.15, 0.2) is 0 Å². The maximum Gasteiger partial charge on any atom is 0.126 e. The molecular weight excluding hydrogens is 172 g/mol. The highest BCUT2D eigenvalue weighted by Crippen LogP contribution is 2.17. The van der Waals surface area contributed by atoms with Gasteiger partial charge in [-0.1, -0.05) is 13.3 Å². The summed E-state index contributed by atoms with van der Waals surface area (Å²) in [5, 5.41) is 0. The van der Waals surface area contributed by atoms with Crippen LogP contribution in [0.4, 0.5) is 8.78 Å². The zero-order valence-electron chi connectivity index (χ0n) is 7.56. The van der Waals surface area contributed by atoms with Gasteiger partial charge in [-0.25, -0.2) is 8.78 Å². The molecule has 0 amide bonds. The van der Waals surface area contributed by atoms with E-state index in [1.807, 2.05) is 6.92 Å². The maximum absolute atomic E-state index is 12.7. The molecule has 3 heteroatoms. The van der Waals surface area contributed by atoms with Gasteiger partial charge in [0.25, 0.3) is 0 Å². The van der Waals surface area contributed by atoms with Crippen molar-refractivity contribution in [3.05, 3.63) is 35.4 Å². The Labute approximate surface area is 76.6 Å². The van der Waals surface area contributed by atoms with Crippen molar-refractivity contribution in [2.75, 3.05) is 0 Å². The van der Waals surface area contributed by atoms with Crippen molar-refractivity contribution in [1.29, 1.82) is 0 Å². The normalized spacial score (nSPS) is 12.9. The van der Waals surface area contributed by atoms with E-state index in [0.29, 0.717) is 5.56 Å².